The summed E-state index contributed by atoms with van der Waals surface area (Å²) in [6, 6.07) is 13.2. The van der Waals surface area contributed by atoms with E-state index in [4.69, 9.17) is 4.74 Å². The Bertz CT molecular complexity index is 758. The molecule has 1 aliphatic rings. The van der Waals surface area contributed by atoms with E-state index in [-0.39, 0.29) is 0 Å². The lowest BCUT2D eigenvalue weighted by molar-refractivity contribution is -0.114. The van der Waals surface area contributed by atoms with E-state index in [0.717, 1.165) is 15.8 Å². The third-order valence-corrected chi connectivity index (χ3v) is 4.30. The first kappa shape index (κ1) is 15.7. The topological polar surface area (TPSA) is 46.6 Å². The summed E-state index contributed by atoms with van der Waals surface area (Å²) < 4.78 is 6.40. The Kier molecular flexibility index (Phi) is 4.48. The molecule has 1 aliphatic heterocycles. The summed E-state index contributed by atoms with van der Waals surface area (Å²) in [5.74, 6) is -0.104. The maximum atomic E-state index is 12.2. The van der Waals surface area contributed by atoms with E-state index >= 15 is 0 Å². The van der Waals surface area contributed by atoms with Gasteiger partial charge < -0.3 is 9.64 Å². The number of fused-ring (bicyclic) bond motifs is 1. The lowest BCUT2D eigenvalue weighted by Gasteiger charge is -2.18. The van der Waals surface area contributed by atoms with Gasteiger partial charge in [0.15, 0.2) is 0 Å². The Balaban J connectivity index is 1.67. The van der Waals surface area contributed by atoms with E-state index in [2.05, 4.69) is 15.9 Å². The number of ketones is 1. The Hall–Kier alpha value is -2.14. The molecular formula is C18H16BrNO3. The summed E-state index contributed by atoms with van der Waals surface area (Å²) in [5, 5.41) is 0. The van der Waals surface area contributed by atoms with E-state index in [0.29, 0.717) is 30.8 Å². The van der Waals surface area contributed by atoms with Crippen LogP contribution >= 0.6 is 15.9 Å². The molecule has 2 aromatic rings. The molecule has 0 radical (unpaired) electrons. The highest BCUT2D eigenvalue weighted by Gasteiger charge is 2.37. The normalized spacial score (nSPS) is 13.4. The molecule has 3 rings (SSSR count). The minimum absolute atomic E-state index is 0.437. The number of hydrogen-bond acceptors (Lipinski definition) is 3. The lowest BCUT2D eigenvalue weighted by atomic mass is 10.1. The Morgan fingerprint density at radius 3 is 2.61 bits per heavy atom. The highest BCUT2D eigenvalue weighted by molar-refractivity contribution is 9.10. The fourth-order valence-corrected chi connectivity index (χ4v) is 3.45. The number of para-hydroxylation sites is 1. The predicted molar refractivity (Wildman–Crippen MR) is 92.1 cm³/mol. The summed E-state index contributed by atoms with van der Waals surface area (Å²) in [4.78, 5) is 25.9. The van der Waals surface area contributed by atoms with Crippen LogP contribution in [0.4, 0.5) is 5.69 Å². The van der Waals surface area contributed by atoms with Crippen LogP contribution in [0.15, 0.2) is 46.9 Å². The molecule has 0 unspecified atom stereocenters. The van der Waals surface area contributed by atoms with Gasteiger partial charge in [0.2, 0.25) is 0 Å². The van der Waals surface area contributed by atoms with Crippen LogP contribution in [-0.2, 0) is 4.79 Å². The van der Waals surface area contributed by atoms with Crippen LogP contribution in [0.1, 0.15) is 22.3 Å². The molecule has 0 bridgehead atoms. The van der Waals surface area contributed by atoms with E-state index < -0.39 is 11.7 Å². The second kappa shape index (κ2) is 6.54. The molecule has 1 amide bonds. The molecule has 23 heavy (non-hydrogen) atoms. The van der Waals surface area contributed by atoms with Gasteiger partial charge in [0.05, 0.1) is 17.9 Å². The molecule has 1 heterocycles. The number of anilines is 1. The van der Waals surface area contributed by atoms with Crippen LogP contribution in [-0.4, -0.2) is 24.8 Å². The van der Waals surface area contributed by atoms with Crippen LogP contribution in [0.3, 0.4) is 0 Å². The molecule has 5 heteroatoms. The number of aryl methyl sites for hydroxylation is 1. The van der Waals surface area contributed by atoms with Gasteiger partial charge in [0.25, 0.3) is 11.7 Å². The minimum Gasteiger partial charge on any atom is -0.494 e. The van der Waals surface area contributed by atoms with Crippen molar-refractivity contribution in [3.63, 3.8) is 0 Å². The van der Waals surface area contributed by atoms with Gasteiger partial charge in [-0.15, -0.1) is 0 Å². The minimum atomic E-state index is -0.467. The summed E-state index contributed by atoms with van der Waals surface area (Å²) in [6.45, 7) is 2.84. The molecule has 2 aromatic carbocycles. The van der Waals surface area contributed by atoms with Gasteiger partial charge in [-0.25, -0.2) is 0 Å². The van der Waals surface area contributed by atoms with Crippen molar-refractivity contribution >= 4 is 33.3 Å². The summed E-state index contributed by atoms with van der Waals surface area (Å²) >= 11 is 3.46. The second-order valence-electron chi connectivity index (χ2n) is 5.44. The van der Waals surface area contributed by atoms with Crippen molar-refractivity contribution in [1.29, 1.82) is 0 Å². The van der Waals surface area contributed by atoms with Crippen molar-refractivity contribution < 1.29 is 14.3 Å². The Morgan fingerprint density at radius 2 is 1.87 bits per heavy atom. The largest absolute Gasteiger partial charge is 0.494 e. The zero-order chi connectivity index (χ0) is 16.4. The third kappa shape index (κ3) is 3.15. The smallest absolute Gasteiger partial charge is 0.299 e. The molecule has 0 saturated carbocycles. The van der Waals surface area contributed by atoms with Crippen LogP contribution in [0, 0.1) is 6.92 Å². The highest BCUT2D eigenvalue weighted by Crippen LogP contribution is 2.37. The van der Waals surface area contributed by atoms with Gasteiger partial charge in [-0.05, 0) is 59.1 Å². The van der Waals surface area contributed by atoms with Gasteiger partial charge in [-0.3, -0.25) is 9.59 Å². The maximum absolute atomic E-state index is 12.2. The first-order valence-corrected chi connectivity index (χ1v) is 8.21. The second-order valence-corrected chi connectivity index (χ2v) is 6.30. The molecular weight excluding hydrogens is 358 g/mol. The fraction of sp³-hybridized carbons (Fsp3) is 0.222. The lowest BCUT2D eigenvalue weighted by Crippen LogP contribution is -2.31. The summed E-state index contributed by atoms with van der Waals surface area (Å²) in [7, 11) is 0. The van der Waals surface area contributed by atoms with Crippen molar-refractivity contribution in [2.45, 2.75) is 13.3 Å². The number of ether oxygens (including phenoxy) is 1. The van der Waals surface area contributed by atoms with Gasteiger partial charge in [-0.1, -0.05) is 18.2 Å². The maximum Gasteiger partial charge on any atom is 0.299 e. The Labute approximate surface area is 143 Å². The first-order chi connectivity index (χ1) is 11.1. The van der Waals surface area contributed by atoms with Crippen LogP contribution in [0.2, 0.25) is 0 Å². The summed E-state index contributed by atoms with van der Waals surface area (Å²) in [6.07, 6.45) is 0.646. The average Bonchev–Trinajstić information content (AvgIpc) is 2.77. The molecule has 118 valence electrons. The number of carbonyl (C=O) groups is 2. The first-order valence-electron chi connectivity index (χ1n) is 7.42. The zero-order valence-corrected chi connectivity index (χ0v) is 14.3. The van der Waals surface area contributed by atoms with Crippen molar-refractivity contribution in [3.05, 3.63) is 58.1 Å². The molecule has 0 N–H and O–H groups in total. The number of rotatable bonds is 5. The Morgan fingerprint density at radius 1 is 1.13 bits per heavy atom. The molecule has 0 saturated heterocycles. The monoisotopic (exact) mass is 373 g/mol. The molecule has 0 spiro atoms. The number of hydrogen-bond donors (Lipinski definition) is 0. The SMILES string of the molecule is Cc1cc(Br)c2c(c1)C(=O)C(=O)N2CCCOc1ccccc1. The van der Waals surface area contributed by atoms with Crippen molar-refractivity contribution in [2.24, 2.45) is 0 Å². The van der Waals surface area contributed by atoms with Crippen molar-refractivity contribution in [1.82, 2.24) is 0 Å². The quantitative estimate of drug-likeness (QED) is 0.592. The zero-order valence-electron chi connectivity index (χ0n) is 12.7. The molecule has 0 aromatic heterocycles. The van der Waals surface area contributed by atoms with E-state index in [1.165, 1.54) is 4.90 Å². The van der Waals surface area contributed by atoms with Crippen LogP contribution in [0.5, 0.6) is 5.75 Å². The number of Topliss-reactive ketones (excluding diaryl/α,β-unsaturated/α-hetero) is 1. The number of carbonyl (C=O) groups excluding carboxylic acids is 2. The number of amides is 1. The van der Waals surface area contributed by atoms with Gasteiger partial charge in [-0.2, -0.15) is 0 Å². The van der Waals surface area contributed by atoms with Gasteiger partial charge in [0, 0.05) is 11.0 Å². The highest BCUT2D eigenvalue weighted by atomic mass is 79.9. The standard InChI is InChI=1S/C18H16BrNO3/c1-12-10-14-16(15(19)11-12)20(18(22)17(14)21)8-5-9-23-13-6-3-2-4-7-13/h2-4,6-7,10-11H,5,8-9H2,1H3. The van der Waals surface area contributed by atoms with Gasteiger partial charge in [0.1, 0.15) is 5.75 Å². The predicted octanol–water partition coefficient (Wildman–Crippen LogP) is 3.76. The van der Waals surface area contributed by atoms with Crippen molar-refractivity contribution in [2.75, 3.05) is 18.1 Å². The number of halogens is 1. The van der Waals surface area contributed by atoms with Crippen LogP contribution in [0.25, 0.3) is 0 Å². The van der Waals surface area contributed by atoms with E-state index in [1.807, 2.05) is 43.3 Å². The molecule has 0 atom stereocenters. The van der Waals surface area contributed by atoms with Crippen LogP contribution < -0.4 is 9.64 Å². The number of benzene rings is 2. The molecule has 4 nitrogen and oxygen atoms in total. The third-order valence-electron chi connectivity index (χ3n) is 3.70. The summed E-state index contributed by atoms with van der Waals surface area (Å²) in [5.41, 5.74) is 2.10. The fourth-order valence-electron chi connectivity index (χ4n) is 2.66. The van der Waals surface area contributed by atoms with Crippen molar-refractivity contribution in [3.8, 4) is 5.75 Å². The molecule has 0 fully saturated rings. The van der Waals surface area contributed by atoms with E-state index in [1.54, 1.807) is 6.07 Å². The van der Waals surface area contributed by atoms with Gasteiger partial charge >= 0.3 is 0 Å². The molecule has 0 aliphatic carbocycles. The average molecular weight is 374 g/mol. The van der Waals surface area contributed by atoms with E-state index in [9.17, 15) is 9.59 Å². The number of nitrogens with zero attached hydrogens (tertiary/aromatic N) is 1.